The van der Waals surface area contributed by atoms with Crippen LogP contribution in [0.2, 0.25) is 0 Å². The summed E-state index contributed by atoms with van der Waals surface area (Å²) < 4.78 is 11.4. The second kappa shape index (κ2) is 13.4. The van der Waals surface area contributed by atoms with Gasteiger partial charge in [0.1, 0.15) is 5.75 Å². The van der Waals surface area contributed by atoms with Crippen molar-refractivity contribution in [1.82, 2.24) is 20.6 Å². The van der Waals surface area contributed by atoms with E-state index in [1.54, 1.807) is 50.3 Å². The van der Waals surface area contributed by atoms with E-state index in [9.17, 15) is 14.4 Å². The van der Waals surface area contributed by atoms with Crippen LogP contribution in [-0.2, 0) is 19.2 Å². The zero-order valence-electron chi connectivity index (χ0n) is 26.1. The molecule has 1 aromatic carbocycles. The van der Waals surface area contributed by atoms with E-state index in [0.29, 0.717) is 55.3 Å². The lowest BCUT2D eigenvalue weighted by Crippen LogP contribution is -2.70. The molecule has 1 atom stereocenters. The van der Waals surface area contributed by atoms with Crippen LogP contribution in [0.25, 0.3) is 0 Å². The van der Waals surface area contributed by atoms with E-state index in [0.717, 1.165) is 12.8 Å². The fourth-order valence-electron chi connectivity index (χ4n) is 5.23. The quantitative estimate of drug-likeness (QED) is 0.267. The molecule has 230 valence electrons. The molecule has 41 heavy (non-hydrogen) atoms. The summed E-state index contributed by atoms with van der Waals surface area (Å²) in [6.07, 6.45) is 2.17. The Hall–Kier alpha value is -2.93. The highest BCUT2D eigenvalue weighted by Gasteiger charge is 2.47. The average Bonchev–Trinajstić information content (AvgIpc) is 2.93. The summed E-state index contributed by atoms with van der Waals surface area (Å²) in [6, 6.07) is 3.21. The number of anilines is 2. The number of methoxy groups -OCH3 is 1. The van der Waals surface area contributed by atoms with Crippen LogP contribution in [0.5, 0.6) is 5.75 Å². The van der Waals surface area contributed by atoms with Gasteiger partial charge < -0.3 is 29.4 Å². The van der Waals surface area contributed by atoms with Crippen molar-refractivity contribution in [2.45, 2.75) is 71.8 Å². The van der Waals surface area contributed by atoms with Crippen LogP contribution in [-0.4, -0.2) is 100 Å². The van der Waals surface area contributed by atoms with Crippen molar-refractivity contribution in [2.24, 2.45) is 5.41 Å². The number of amides is 2. The van der Waals surface area contributed by atoms with E-state index >= 15 is 0 Å². The van der Waals surface area contributed by atoms with Crippen molar-refractivity contribution in [2.75, 3.05) is 64.7 Å². The van der Waals surface area contributed by atoms with Crippen molar-refractivity contribution < 1.29 is 28.7 Å². The lowest BCUT2D eigenvalue weighted by molar-refractivity contribution is -0.208. The number of hydrogen-bond acceptors (Lipinski definition) is 10. The number of nitrogens with one attached hydrogen (secondary N) is 3. The van der Waals surface area contributed by atoms with Gasteiger partial charge in [-0.1, -0.05) is 0 Å². The Bertz CT molecular complexity index is 1100. The third kappa shape index (κ3) is 6.94. The Labute approximate surface area is 244 Å². The SMILES string of the molecule is CNc1cc2c(cc1C(=O)N(C(C)C)[C@@H]1CCCN(OC(=O)C(C)(C)C)C1)N(CCCOC)C(=O)C(NC)(NC)O2. The second-order valence-electron chi connectivity index (χ2n) is 11.8. The van der Waals surface area contributed by atoms with Crippen LogP contribution in [0, 0.1) is 5.41 Å². The molecule has 3 N–H and O–H groups in total. The average molecular weight is 577 g/mol. The molecule has 12 heteroatoms. The van der Waals surface area contributed by atoms with Gasteiger partial charge in [0.05, 0.1) is 28.9 Å². The molecule has 12 nitrogen and oxygen atoms in total. The summed E-state index contributed by atoms with van der Waals surface area (Å²) in [5.74, 6) is -1.78. The van der Waals surface area contributed by atoms with Crippen LogP contribution in [0.3, 0.4) is 0 Å². The van der Waals surface area contributed by atoms with E-state index in [1.165, 1.54) is 0 Å². The molecule has 0 saturated carbocycles. The minimum atomic E-state index is -1.45. The summed E-state index contributed by atoms with van der Waals surface area (Å²) >= 11 is 0. The van der Waals surface area contributed by atoms with E-state index in [4.69, 9.17) is 14.3 Å². The van der Waals surface area contributed by atoms with Crippen LogP contribution < -0.4 is 25.6 Å². The van der Waals surface area contributed by atoms with E-state index in [-0.39, 0.29) is 29.9 Å². The van der Waals surface area contributed by atoms with Gasteiger partial charge in [-0.15, -0.1) is 5.06 Å². The first kappa shape index (κ1) is 32.6. The number of rotatable bonds is 11. The molecule has 0 radical (unpaired) electrons. The number of likely N-dealkylation sites (N-methyl/N-ethyl adjacent to an activating group) is 2. The van der Waals surface area contributed by atoms with E-state index in [1.807, 2.05) is 39.5 Å². The van der Waals surface area contributed by atoms with E-state index < -0.39 is 11.3 Å². The number of benzene rings is 1. The first-order chi connectivity index (χ1) is 19.3. The van der Waals surface area contributed by atoms with Crippen molar-refractivity contribution >= 4 is 29.2 Å². The Kier molecular flexibility index (Phi) is 10.6. The monoisotopic (exact) mass is 576 g/mol. The number of nitrogens with zero attached hydrogens (tertiary/aromatic N) is 3. The number of fused-ring (bicyclic) bond motifs is 1. The number of carbonyl (C=O) groups excluding carboxylic acids is 3. The molecular formula is C29H48N6O6. The largest absolute Gasteiger partial charge is 0.448 e. The van der Waals surface area contributed by atoms with Gasteiger partial charge in [0, 0.05) is 52.0 Å². The van der Waals surface area contributed by atoms with Crippen LogP contribution in [0.4, 0.5) is 11.4 Å². The molecule has 0 spiro atoms. The molecule has 2 heterocycles. The Balaban J connectivity index is 2.00. The zero-order chi connectivity index (χ0) is 30.5. The molecule has 0 bridgehead atoms. The Morgan fingerprint density at radius 2 is 1.88 bits per heavy atom. The zero-order valence-corrected chi connectivity index (χ0v) is 26.1. The van der Waals surface area contributed by atoms with Gasteiger partial charge in [-0.05, 0) is 74.0 Å². The molecule has 2 aliphatic rings. The number of ether oxygens (including phenoxy) is 2. The van der Waals surface area contributed by atoms with Crippen LogP contribution in [0.15, 0.2) is 12.1 Å². The highest BCUT2D eigenvalue weighted by atomic mass is 16.7. The molecule has 3 rings (SSSR count). The van der Waals surface area contributed by atoms with Gasteiger partial charge in [-0.2, -0.15) is 0 Å². The maximum atomic E-state index is 14.3. The van der Waals surface area contributed by atoms with Crippen LogP contribution >= 0.6 is 0 Å². The Morgan fingerprint density at radius 1 is 1.20 bits per heavy atom. The predicted molar refractivity (Wildman–Crippen MR) is 158 cm³/mol. The van der Waals surface area contributed by atoms with Crippen LogP contribution in [0.1, 0.15) is 64.2 Å². The number of piperidine rings is 1. The molecule has 0 unspecified atom stereocenters. The topological polar surface area (TPSA) is 125 Å². The highest BCUT2D eigenvalue weighted by molar-refractivity contribution is 6.06. The van der Waals surface area contributed by atoms with Gasteiger partial charge in [0.15, 0.2) is 0 Å². The lowest BCUT2D eigenvalue weighted by Gasteiger charge is -2.43. The van der Waals surface area contributed by atoms with Gasteiger partial charge in [-0.3, -0.25) is 20.2 Å². The molecule has 2 aliphatic heterocycles. The number of hydroxylamine groups is 2. The smallest absolute Gasteiger partial charge is 0.330 e. The third-order valence-corrected chi connectivity index (χ3v) is 7.50. The van der Waals surface area contributed by atoms with Crippen molar-refractivity contribution in [3.8, 4) is 5.75 Å². The standard InChI is InChI=1S/C29H48N6O6/c1-19(2)35(20-12-10-13-33(18-20)41-27(38)28(3,4)5)25(36)21-16-23-24(17-22(21)30-6)40-29(31-7,32-8)26(37)34(23)14-11-15-39-9/h16-17,19-20,30-32H,10-15,18H2,1-9H3/t20-/m1/s1. The van der Waals surface area contributed by atoms with Crippen molar-refractivity contribution in [1.29, 1.82) is 0 Å². The summed E-state index contributed by atoms with van der Waals surface area (Å²) in [5, 5.41) is 10.7. The fraction of sp³-hybridized carbons (Fsp3) is 0.690. The summed E-state index contributed by atoms with van der Waals surface area (Å²) in [5.41, 5.74) is 0.900. The third-order valence-electron chi connectivity index (χ3n) is 7.50. The van der Waals surface area contributed by atoms with E-state index in [2.05, 4.69) is 16.0 Å². The minimum absolute atomic E-state index is 0.122. The summed E-state index contributed by atoms with van der Waals surface area (Å²) in [7, 11) is 6.67. The first-order valence-corrected chi connectivity index (χ1v) is 14.4. The van der Waals surface area contributed by atoms with Gasteiger partial charge in [0.2, 0.25) is 0 Å². The summed E-state index contributed by atoms with van der Waals surface area (Å²) in [4.78, 5) is 49.7. The first-order valence-electron chi connectivity index (χ1n) is 14.4. The molecule has 0 aromatic heterocycles. The normalized spacial score (nSPS) is 19.0. The number of carbonyl (C=O) groups is 3. The van der Waals surface area contributed by atoms with Gasteiger partial charge >= 0.3 is 11.9 Å². The second-order valence-corrected chi connectivity index (χ2v) is 11.8. The van der Waals surface area contributed by atoms with Gasteiger partial charge in [-0.25, -0.2) is 4.79 Å². The molecule has 2 amide bonds. The minimum Gasteiger partial charge on any atom is -0.448 e. The molecule has 1 fully saturated rings. The fourth-order valence-corrected chi connectivity index (χ4v) is 5.23. The molecule has 1 aromatic rings. The predicted octanol–water partition coefficient (Wildman–Crippen LogP) is 2.40. The molecule has 0 aliphatic carbocycles. The number of hydrogen-bond donors (Lipinski definition) is 3. The lowest BCUT2D eigenvalue weighted by atomic mass is 9.97. The van der Waals surface area contributed by atoms with Crippen molar-refractivity contribution in [3.63, 3.8) is 0 Å². The maximum Gasteiger partial charge on any atom is 0.330 e. The van der Waals surface area contributed by atoms with Gasteiger partial charge in [0.25, 0.3) is 11.8 Å². The van der Waals surface area contributed by atoms with Crippen molar-refractivity contribution in [3.05, 3.63) is 17.7 Å². The molecule has 1 saturated heterocycles. The maximum absolute atomic E-state index is 14.3. The molecular weight excluding hydrogens is 528 g/mol. The summed E-state index contributed by atoms with van der Waals surface area (Å²) in [6.45, 7) is 11.3. The highest BCUT2D eigenvalue weighted by Crippen LogP contribution is 2.41. The Morgan fingerprint density at radius 3 is 2.44 bits per heavy atom.